The number of sulfonamides is 2. The van der Waals surface area contributed by atoms with Crippen molar-refractivity contribution in [3.8, 4) is 0 Å². The Morgan fingerprint density at radius 1 is 0.533 bits per heavy atom. The normalized spacial score (nSPS) is 10.8. The van der Waals surface area contributed by atoms with Crippen molar-refractivity contribution >= 4 is 133 Å². The van der Waals surface area contributed by atoms with Gasteiger partial charge in [0.2, 0.25) is 25.8 Å². The summed E-state index contributed by atoms with van der Waals surface area (Å²) >= 11 is 10.1. The molecule has 0 aliphatic heterocycles. The first-order valence-corrected chi connectivity index (χ1v) is 30.4. The molecule has 23 nitrogen and oxygen atoms in total. The molecule has 2 aromatic carbocycles. The molecule has 31 heteroatoms. The van der Waals surface area contributed by atoms with E-state index in [0.29, 0.717) is 34.5 Å². The quantitative estimate of drug-likeness (QED) is 0.0253. The molecule has 0 spiro atoms. The first-order chi connectivity index (χ1) is 43.0. The van der Waals surface area contributed by atoms with Gasteiger partial charge >= 0.3 is 0 Å². The van der Waals surface area contributed by atoms with E-state index in [1.54, 1.807) is 75.0 Å². The van der Waals surface area contributed by atoms with Crippen molar-refractivity contribution in [2.75, 3.05) is 37.3 Å². The van der Waals surface area contributed by atoms with Crippen LogP contribution >= 0.6 is 23.2 Å². The molecule has 0 bridgehead atoms. The second-order valence-electron chi connectivity index (χ2n) is 18.6. The largest absolute Gasteiger partial charge is 0.397 e. The molecular formula is C59H50Cl2F4N14O9S2. The number of aromatic nitrogens is 9. The molecule has 90 heavy (non-hydrogen) atoms. The number of benzene rings is 2. The predicted molar refractivity (Wildman–Crippen MR) is 333 cm³/mol. The molecule has 464 valence electrons. The van der Waals surface area contributed by atoms with E-state index in [1.807, 2.05) is 46.1 Å². The third-order valence-electron chi connectivity index (χ3n) is 11.9. The number of nitrogens with one attached hydrogen (secondary N) is 7. The highest BCUT2D eigenvalue weighted by atomic mass is 35.5. The minimum absolute atomic E-state index is 0.114. The number of rotatable bonds is 16. The van der Waals surface area contributed by atoms with Crippen LogP contribution in [0.3, 0.4) is 0 Å². The van der Waals surface area contributed by atoms with Gasteiger partial charge in [0.15, 0.2) is 11.6 Å². The molecule has 9 heterocycles. The Balaban J connectivity index is 0.000000176. The average molecular weight is 1310 g/mol. The van der Waals surface area contributed by atoms with Gasteiger partial charge in [-0.25, -0.2) is 49.3 Å². The Hall–Kier alpha value is -10.5. The Bertz CT molecular complexity index is 4610. The molecule has 0 aliphatic carbocycles. The summed E-state index contributed by atoms with van der Waals surface area (Å²) in [7, 11) is -7.60. The molecule has 0 atom stereocenters. The maximum absolute atomic E-state index is 15.1. The molecule has 0 fully saturated rings. The van der Waals surface area contributed by atoms with Crippen molar-refractivity contribution in [2.24, 2.45) is 0 Å². The van der Waals surface area contributed by atoms with E-state index in [2.05, 4.69) is 55.5 Å². The van der Waals surface area contributed by atoms with Crippen LogP contribution in [0.15, 0.2) is 165 Å². The third kappa shape index (κ3) is 18.3. The number of ketones is 1. The summed E-state index contributed by atoms with van der Waals surface area (Å²) in [5.74, 6) is -7.14. The van der Waals surface area contributed by atoms with Crippen LogP contribution in [0.2, 0.25) is 0 Å². The summed E-state index contributed by atoms with van der Waals surface area (Å²) < 4.78 is 107. The fraction of sp³-hybridized carbons (Fsp3) is 0.102. The summed E-state index contributed by atoms with van der Waals surface area (Å²) in [6, 6.07) is 22.3. The smallest absolute Gasteiger partial charge is 0.258 e. The molecule has 0 radical (unpaired) electrons. The predicted octanol–water partition coefficient (Wildman–Crippen LogP) is 11.2. The van der Waals surface area contributed by atoms with Crippen LogP contribution < -0.4 is 25.8 Å². The molecule has 9 N–H and O–H groups in total. The number of fused-ring (bicyclic) bond motifs is 3. The Morgan fingerprint density at radius 3 is 1.46 bits per heavy atom. The van der Waals surface area contributed by atoms with Gasteiger partial charge in [0, 0.05) is 77.5 Å². The second kappa shape index (κ2) is 30.9. The highest BCUT2D eigenvalue weighted by Gasteiger charge is 2.27. The number of aromatic amines is 3. The van der Waals surface area contributed by atoms with E-state index in [1.165, 1.54) is 43.2 Å². The van der Waals surface area contributed by atoms with Crippen LogP contribution in [0, 0.1) is 23.3 Å². The van der Waals surface area contributed by atoms with Crippen LogP contribution in [-0.4, -0.2) is 101 Å². The number of carbonyl (C=O) groups is 5. The number of amides is 2. The number of nitrogens with two attached hydrogens (primary N) is 1. The molecule has 0 saturated carbocycles. The van der Waals surface area contributed by atoms with Gasteiger partial charge in [-0.05, 0) is 127 Å². The van der Waals surface area contributed by atoms with Crippen LogP contribution in [0.25, 0.3) is 33.1 Å². The van der Waals surface area contributed by atoms with Crippen molar-refractivity contribution in [1.29, 1.82) is 0 Å². The molecular weight excluding hydrogens is 1260 g/mol. The number of nitrogen functional groups attached to an aromatic ring is 1. The number of hydrogen-bond donors (Lipinski definition) is 8. The van der Waals surface area contributed by atoms with Crippen LogP contribution in [0.4, 0.5) is 46.0 Å². The molecule has 11 rings (SSSR count). The number of halogens is 6. The minimum atomic E-state index is -3.88. The van der Waals surface area contributed by atoms with E-state index in [4.69, 9.17) is 28.9 Å². The lowest BCUT2D eigenvalue weighted by molar-refractivity contribution is 0.101. The van der Waals surface area contributed by atoms with E-state index < -0.39 is 88.0 Å². The lowest BCUT2D eigenvalue weighted by atomic mass is 10.0. The first kappa shape index (κ1) is 67.0. The number of anilines is 5. The zero-order chi connectivity index (χ0) is 65.1. The average Bonchev–Trinajstić information content (AvgIpc) is 2.63. The summed E-state index contributed by atoms with van der Waals surface area (Å²) in [6.07, 6.45) is 19.2. The molecule has 0 saturated heterocycles. The number of carbonyl (C=O) groups excluding carboxylic acids is 5. The lowest BCUT2D eigenvalue weighted by Crippen LogP contribution is -2.18. The number of hydrogen-bond acceptors (Lipinski definition) is 16. The van der Waals surface area contributed by atoms with Crippen molar-refractivity contribution in [2.45, 2.75) is 26.7 Å². The van der Waals surface area contributed by atoms with Crippen molar-refractivity contribution in [3.63, 3.8) is 0 Å². The van der Waals surface area contributed by atoms with E-state index >= 15 is 4.39 Å². The fourth-order valence-electron chi connectivity index (χ4n) is 7.86. The minimum Gasteiger partial charge on any atom is -0.397 e. The molecule has 0 unspecified atom stereocenters. The highest BCUT2D eigenvalue weighted by molar-refractivity contribution is 7.92. The first-order valence-electron chi connectivity index (χ1n) is 26.3. The molecule has 9 aromatic heterocycles. The zero-order valence-electron chi connectivity index (χ0n) is 46.9. The van der Waals surface area contributed by atoms with Gasteiger partial charge in [-0.3, -0.25) is 48.4 Å². The van der Waals surface area contributed by atoms with Gasteiger partial charge in [-0.2, -0.15) is 0 Å². The lowest BCUT2D eigenvalue weighted by Gasteiger charge is -2.11. The summed E-state index contributed by atoms with van der Waals surface area (Å²) in [4.78, 5) is 91.3. The van der Waals surface area contributed by atoms with Gasteiger partial charge < -0.3 is 31.3 Å². The Labute approximate surface area is 519 Å². The van der Waals surface area contributed by atoms with Gasteiger partial charge in [-0.15, -0.1) is 0 Å². The molecule has 2 amide bonds. The monoisotopic (exact) mass is 1310 g/mol. The van der Waals surface area contributed by atoms with Gasteiger partial charge in [0.25, 0.3) is 22.3 Å². The summed E-state index contributed by atoms with van der Waals surface area (Å²) in [5, 5.41) is 5.82. The SMILES string of the molecule is CCCS(=O)(=O)Nc1ccc(F)c(C(=O)Cl)c1F.CCCS(=O)(=O)Nc1ccc(F)c(C(=O)c2c[nH]c3ncc(NC(=O)c4cccnc4)cc23)c1F.Nc1cnc2[nH]ccc2c1.O=C(Cl)c1cccnc1.O=C(Nc1cnc2[nH]ccc2c1)c1cccnc1. The Kier molecular flexibility index (Phi) is 23.0. The molecule has 0 aliphatic rings. The zero-order valence-corrected chi connectivity index (χ0v) is 50.1. The van der Waals surface area contributed by atoms with Crippen LogP contribution in [0.5, 0.6) is 0 Å². The third-order valence-corrected chi connectivity index (χ3v) is 15.3. The van der Waals surface area contributed by atoms with Crippen molar-refractivity contribution in [3.05, 3.63) is 222 Å². The Morgan fingerprint density at radius 2 is 0.989 bits per heavy atom. The van der Waals surface area contributed by atoms with Gasteiger partial charge in [0.1, 0.15) is 34.1 Å². The topological polar surface area (TPSA) is 352 Å². The number of nitrogens with zero attached hydrogens (tertiary/aromatic N) is 6. The summed E-state index contributed by atoms with van der Waals surface area (Å²) in [5.41, 5.74) is 7.22. The van der Waals surface area contributed by atoms with Gasteiger partial charge in [0.05, 0.1) is 80.8 Å². The fourth-order valence-corrected chi connectivity index (χ4v) is 10.4. The highest BCUT2D eigenvalue weighted by Crippen LogP contribution is 2.29. The van der Waals surface area contributed by atoms with E-state index in [-0.39, 0.29) is 46.1 Å². The molecule has 11 aromatic rings. The van der Waals surface area contributed by atoms with Gasteiger partial charge in [-0.1, -0.05) is 13.8 Å². The standard InChI is InChI=1S/C23H19F2N5O4S.C13H10N4O.C10H10ClF2NO3S.C7H7N3.C6H4ClNO/c1-2-8-35(33,34)30-18-6-5-17(24)19(20(18)25)21(31)16-12-28-22-15(16)9-14(11-27-22)29-23(32)13-4-3-7-26-10-13;18-13(10-2-1-4-14-7-10)17-11-6-9-3-5-15-12(9)16-8-11;1-2-5-18(16,17)14-7-4-3-6(12)8(9(7)13)10(11)15;8-6-3-5-1-2-9-7(5)10-4-6;7-6(9)5-2-1-3-8-4-5/h3-7,9-12,30H,2,8H2,1H3,(H,27,28)(H,29,32);1-8H,(H,15,16)(H,17,18);3-4,14H,2,5H2,1H3;1-4H,8H2,(H,9,10);1-4H. The number of H-pyrrole nitrogens is 3. The maximum Gasteiger partial charge on any atom is 0.258 e. The van der Waals surface area contributed by atoms with E-state index in [9.17, 15) is 54.0 Å². The summed E-state index contributed by atoms with van der Waals surface area (Å²) in [6.45, 7) is 3.27. The van der Waals surface area contributed by atoms with Crippen molar-refractivity contribution in [1.82, 2.24) is 44.9 Å². The maximum atomic E-state index is 15.1. The van der Waals surface area contributed by atoms with Crippen molar-refractivity contribution < 1.29 is 58.4 Å². The van der Waals surface area contributed by atoms with Crippen LogP contribution in [0.1, 0.15) is 84.0 Å². The second-order valence-corrected chi connectivity index (χ2v) is 22.9. The van der Waals surface area contributed by atoms with Crippen LogP contribution in [-0.2, 0) is 20.0 Å². The van der Waals surface area contributed by atoms with E-state index in [0.717, 1.165) is 46.3 Å². The number of pyridine rings is 6.